The van der Waals surface area contributed by atoms with Crippen LogP contribution in [0.4, 0.5) is 0 Å². The van der Waals surface area contributed by atoms with Gasteiger partial charge in [0.25, 0.3) is 0 Å². The van der Waals surface area contributed by atoms with E-state index < -0.39 is 5.60 Å². The largest absolute Gasteiger partial charge is 0.493 e. The fourth-order valence-corrected chi connectivity index (χ4v) is 5.80. The van der Waals surface area contributed by atoms with Gasteiger partial charge in [0.05, 0.1) is 12.7 Å². The van der Waals surface area contributed by atoms with Crippen molar-refractivity contribution in [3.8, 4) is 11.5 Å². The summed E-state index contributed by atoms with van der Waals surface area (Å²) < 4.78 is 11.1. The monoisotopic (exact) mass is 343 g/mol. The van der Waals surface area contributed by atoms with Crippen molar-refractivity contribution in [2.75, 3.05) is 13.7 Å². The molecule has 4 aliphatic rings. The molecule has 0 radical (unpaired) electrons. The van der Waals surface area contributed by atoms with Crippen molar-refractivity contribution < 1.29 is 14.6 Å². The van der Waals surface area contributed by atoms with Crippen molar-refractivity contribution in [1.82, 2.24) is 5.32 Å². The van der Waals surface area contributed by atoms with E-state index in [0.717, 1.165) is 37.3 Å². The fourth-order valence-electron chi connectivity index (χ4n) is 5.80. The van der Waals surface area contributed by atoms with Crippen LogP contribution in [0, 0.1) is 11.8 Å². The first-order chi connectivity index (χ1) is 12.0. The number of aliphatic hydroxyl groups is 1. The molecule has 0 saturated heterocycles. The molecule has 4 bridgehead atoms. The van der Waals surface area contributed by atoms with Gasteiger partial charge in [-0.2, -0.15) is 0 Å². The molecule has 136 valence electrons. The maximum absolute atomic E-state index is 10.9. The van der Waals surface area contributed by atoms with Crippen LogP contribution in [0.25, 0.3) is 0 Å². The predicted molar refractivity (Wildman–Crippen MR) is 97.9 cm³/mol. The Balaban J connectivity index is 1.45. The first-order valence-electron chi connectivity index (χ1n) is 9.41. The zero-order valence-electron chi connectivity index (χ0n) is 15.1. The van der Waals surface area contributed by atoms with Gasteiger partial charge in [0.2, 0.25) is 0 Å². The summed E-state index contributed by atoms with van der Waals surface area (Å²) in [5.74, 6) is 2.89. The number of nitrogens with one attached hydrogen (secondary N) is 1. The van der Waals surface area contributed by atoms with Crippen LogP contribution in [0.15, 0.2) is 30.9 Å². The van der Waals surface area contributed by atoms with E-state index in [4.69, 9.17) is 9.47 Å². The van der Waals surface area contributed by atoms with Gasteiger partial charge in [-0.3, -0.25) is 0 Å². The van der Waals surface area contributed by atoms with Crippen molar-refractivity contribution in [2.45, 2.75) is 56.2 Å². The second-order valence-corrected chi connectivity index (χ2v) is 8.40. The zero-order valence-corrected chi connectivity index (χ0v) is 15.1. The van der Waals surface area contributed by atoms with Gasteiger partial charge < -0.3 is 19.9 Å². The minimum atomic E-state index is -0.419. The van der Waals surface area contributed by atoms with Gasteiger partial charge in [-0.15, -0.1) is 0 Å². The zero-order chi connectivity index (χ0) is 17.5. The number of hydrogen-bond acceptors (Lipinski definition) is 4. The first-order valence-corrected chi connectivity index (χ1v) is 9.41. The highest BCUT2D eigenvalue weighted by Crippen LogP contribution is 2.57. The lowest BCUT2D eigenvalue weighted by Crippen LogP contribution is -2.64. The van der Waals surface area contributed by atoms with Gasteiger partial charge in [0.1, 0.15) is 6.61 Å². The highest BCUT2D eigenvalue weighted by Gasteiger charge is 2.56. The van der Waals surface area contributed by atoms with Crippen LogP contribution in [-0.2, 0) is 6.54 Å². The molecule has 0 aromatic heterocycles. The third-order valence-electron chi connectivity index (χ3n) is 6.28. The maximum Gasteiger partial charge on any atom is 0.161 e. The molecular weight excluding hydrogens is 314 g/mol. The van der Waals surface area contributed by atoms with E-state index in [2.05, 4.69) is 18.0 Å². The maximum atomic E-state index is 10.9. The SMILES string of the molecule is C=CCOc1ccc(CNC23CC4CC(CC(O)(C4)C2)C3)cc1OC. The van der Waals surface area contributed by atoms with Gasteiger partial charge in [-0.25, -0.2) is 0 Å². The Hall–Kier alpha value is -1.52. The van der Waals surface area contributed by atoms with E-state index in [0.29, 0.717) is 18.4 Å². The molecule has 2 N–H and O–H groups in total. The molecule has 0 heterocycles. The quantitative estimate of drug-likeness (QED) is 0.745. The molecule has 0 aliphatic heterocycles. The van der Waals surface area contributed by atoms with Gasteiger partial charge in [-0.1, -0.05) is 18.7 Å². The molecule has 4 fully saturated rings. The van der Waals surface area contributed by atoms with Gasteiger partial charge in [0, 0.05) is 12.1 Å². The average molecular weight is 343 g/mol. The van der Waals surface area contributed by atoms with E-state index in [9.17, 15) is 5.11 Å². The van der Waals surface area contributed by atoms with E-state index in [1.54, 1.807) is 13.2 Å². The number of hydrogen-bond donors (Lipinski definition) is 2. The summed E-state index contributed by atoms with van der Waals surface area (Å²) in [5.41, 5.74) is 0.881. The Morgan fingerprint density at radius 3 is 2.64 bits per heavy atom. The van der Waals surface area contributed by atoms with Crippen molar-refractivity contribution in [2.24, 2.45) is 11.8 Å². The molecule has 2 unspecified atom stereocenters. The van der Waals surface area contributed by atoms with Gasteiger partial charge >= 0.3 is 0 Å². The highest BCUT2D eigenvalue weighted by atomic mass is 16.5. The Kier molecular flexibility index (Phi) is 4.28. The predicted octanol–water partition coefficient (Wildman–Crippen LogP) is 3.43. The summed E-state index contributed by atoms with van der Waals surface area (Å²) in [6, 6.07) is 6.09. The van der Waals surface area contributed by atoms with Gasteiger partial charge in [-0.05, 0) is 68.1 Å². The molecule has 2 atom stereocenters. The van der Waals surface area contributed by atoms with Crippen LogP contribution in [0.1, 0.15) is 44.1 Å². The van der Waals surface area contributed by atoms with E-state index in [1.807, 2.05) is 12.1 Å². The van der Waals surface area contributed by atoms with E-state index >= 15 is 0 Å². The van der Waals surface area contributed by atoms with Crippen LogP contribution in [0.5, 0.6) is 11.5 Å². The normalized spacial score (nSPS) is 35.6. The van der Waals surface area contributed by atoms with Crippen LogP contribution in [0.2, 0.25) is 0 Å². The molecule has 1 aromatic carbocycles. The van der Waals surface area contributed by atoms with Crippen molar-refractivity contribution in [1.29, 1.82) is 0 Å². The van der Waals surface area contributed by atoms with Crippen molar-refractivity contribution in [3.05, 3.63) is 36.4 Å². The van der Waals surface area contributed by atoms with Crippen LogP contribution in [-0.4, -0.2) is 30.0 Å². The lowest BCUT2D eigenvalue weighted by molar-refractivity contribution is -0.142. The Bertz CT molecular complexity index is 643. The molecule has 4 saturated carbocycles. The molecule has 1 aromatic rings. The summed E-state index contributed by atoms with van der Waals surface area (Å²) >= 11 is 0. The first kappa shape index (κ1) is 16.9. The smallest absolute Gasteiger partial charge is 0.161 e. The molecule has 4 nitrogen and oxygen atoms in total. The highest BCUT2D eigenvalue weighted by molar-refractivity contribution is 5.43. The van der Waals surface area contributed by atoms with Crippen molar-refractivity contribution >= 4 is 0 Å². The summed E-state index contributed by atoms with van der Waals surface area (Å²) in [6.07, 6.45) is 8.39. The topological polar surface area (TPSA) is 50.7 Å². The molecule has 4 heteroatoms. The molecule has 25 heavy (non-hydrogen) atoms. The number of methoxy groups -OCH3 is 1. The summed E-state index contributed by atoms with van der Waals surface area (Å²) in [4.78, 5) is 0. The lowest BCUT2D eigenvalue weighted by atomic mass is 9.51. The van der Waals surface area contributed by atoms with Crippen LogP contribution < -0.4 is 14.8 Å². The number of benzene rings is 1. The number of ether oxygens (including phenoxy) is 2. The molecule has 0 amide bonds. The molecule has 4 aliphatic carbocycles. The summed E-state index contributed by atoms with van der Waals surface area (Å²) in [5, 5.41) is 14.7. The summed E-state index contributed by atoms with van der Waals surface area (Å²) in [6.45, 7) is 4.95. The minimum absolute atomic E-state index is 0.115. The second-order valence-electron chi connectivity index (χ2n) is 8.40. The third kappa shape index (κ3) is 3.30. The van der Waals surface area contributed by atoms with Crippen LogP contribution in [0.3, 0.4) is 0 Å². The molecule has 0 spiro atoms. The Morgan fingerprint density at radius 1 is 1.24 bits per heavy atom. The third-order valence-corrected chi connectivity index (χ3v) is 6.28. The van der Waals surface area contributed by atoms with E-state index in [-0.39, 0.29) is 5.54 Å². The minimum Gasteiger partial charge on any atom is -0.493 e. The number of rotatable bonds is 7. The average Bonchev–Trinajstić information content (AvgIpc) is 2.56. The fraction of sp³-hybridized carbons (Fsp3) is 0.619. The molecule has 5 rings (SSSR count). The van der Waals surface area contributed by atoms with Crippen molar-refractivity contribution in [3.63, 3.8) is 0 Å². The molecular formula is C21H29NO3. The lowest BCUT2D eigenvalue weighted by Gasteiger charge is -2.60. The summed E-state index contributed by atoms with van der Waals surface area (Å²) in [7, 11) is 1.67. The van der Waals surface area contributed by atoms with Crippen LogP contribution >= 0.6 is 0 Å². The van der Waals surface area contributed by atoms with Gasteiger partial charge in [0.15, 0.2) is 11.5 Å². The Labute approximate surface area is 150 Å². The standard InChI is InChI=1S/C21H29NO3/c1-3-6-25-18-5-4-15(8-19(18)24-2)13-22-20-9-16-7-17(10-20)12-21(23,11-16)14-20/h3-5,8,16-17,22-23H,1,6-7,9-14H2,2H3. The Morgan fingerprint density at radius 2 is 2.00 bits per heavy atom. The van der Waals surface area contributed by atoms with E-state index in [1.165, 1.54) is 24.8 Å². The second kappa shape index (κ2) is 6.33.